The van der Waals surface area contributed by atoms with Crippen LogP contribution >= 0.6 is 24.0 Å². The average molecular weight is 445 g/mol. The van der Waals surface area contributed by atoms with Gasteiger partial charge in [-0.1, -0.05) is 12.1 Å². The van der Waals surface area contributed by atoms with Gasteiger partial charge >= 0.3 is 0 Å². The maximum Gasteiger partial charge on any atom is 0.191 e. The van der Waals surface area contributed by atoms with Crippen LogP contribution in [0.15, 0.2) is 29.3 Å². The molecule has 3 rings (SSSR count). The maximum absolute atomic E-state index is 5.60. The molecule has 2 aliphatic rings. The predicted octanol–water partition coefficient (Wildman–Crippen LogP) is 2.69. The van der Waals surface area contributed by atoms with Crippen molar-refractivity contribution in [2.24, 2.45) is 4.99 Å². The van der Waals surface area contributed by atoms with E-state index in [1.165, 1.54) is 18.4 Å². The highest BCUT2D eigenvalue weighted by Gasteiger charge is 2.35. The van der Waals surface area contributed by atoms with Crippen molar-refractivity contribution in [3.8, 4) is 5.75 Å². The van der Waals surface area contributed by atoms with Crippen LogP contribution in [0.3, 0.4) is 0 Å². The van der Waals surface area contributed by atoms with E-state index < -0.39 is 0 Å². The predicted molar refractivity (Wildman–Crippen MR) is 108 cm³/mol. The van der Waals surface area contributed by atoms with Gasteiger partial charge in [0.05, 0.1) is 7.11 Å². The van der Waals surface area contributed by atoms with Crippen molar-refractivity contribution in [3.63, 3.8) is 0 Å². The van der Waals surface area contributed by atoms with Gasteiger partial charge < -0.3 is 20.1 Å². The largest absolute Gasteiger partial charge is 0.497 e. The zero-order valence-corrected chi connectivity index (χ0v) is 16.8. The Morgan fingerprint density at radius 2 is 1.92 bits per heavy atom. The standard InChI is InChI=1S/C18H27N3O2.HI/c1-19-17(21-15-5-6-15)20-13-18(9-11-23-12-10-18)14-3-7-16(22-2)8-4-14;/h3-4,7-8,15H,5-6,9-13H2,1-2H3,(H2,19,20,21);1H. The van der Waals surface area contributed by atoms with Crippen LogP contribution in [0.5, 0.6) is 5.75 Å². The first-order chi connectivity index (χ1) is 11.3. The van der Waals surface area contributed by atoms with Crippen molar-refractivity contribution < 1.29 is 9.47 Å². The Morgan fingerprint density at radius 3 is 2.46 bits per heavy atom. The summed E-state index contributed by atoms with van der Waals surface area (Å²) in [6, 6.07) is 9.06. The molecular formula is C18H28IN3O2. The molecule has 1 aromatic carbocycles. The van der Waals surface area contributed by atoms with E-state index in [2.05, 4.69) is 27.8 Å². The molecule has 1 saturated heterocycles. The second-order valence-electron chi connectivity index (χ2n) is 6.47. The van der Waals surface area contributed by atoms with Gasteiger partial charge in [-0.05, 0) is 43.4 Å². The van der Waals surface area contributed by atoms with E-state index in [9.17, 15) is 0 Å². The summed E-state index contributed by atoms with van der Waals surface area (Å²) in [6.45, 7) is 2.49. The number of hydrogen-bond acceptors (Lipinski definition) is 3. The van der Waals surface area contributed by atoms with Gasteiger partial charge in [-0.15, -0.1) is 24.0 Å². The fourth-order valence-electron chi connectivity index (χ4n) is 3.14. The molecule has 5 nitrogen and oxygen atoms in total. The summed E-state index contributed by atoms with van der Waals surface area (Å²) in [5.74, 6) is 1.81. The number of hydrogen-bond donors (Lipinski definition) is 2. The third-order valence-electron chi connectivity index (χ3n) is 4.89. The molecule has 0 radical (unpaired) electrons. The molecule has 2 fully saturated rings. The number of aliphatic imine (C=N–C) groups is 1. The van der Waals surface area contributed by atoms with Gasteiger partial charge in [0, 0.05) is 38.3 Å². The summed E-state index contributed by atoms with van der Waals surface area (Å²) < 4.78 is 10.9. The molecule has 0 spiro atoms. The van der Waals surface area contributed by atoms with E-state index >= 15 is 0 Å². The fraction of sp³-hybridized carbons (Fsp3) is 0.611. The van der Waals surface area contributed by atoms with Crippen LogP contribution in [0.2, 0.25) is 0 Å². The lowest BCUT2D eigenvalue weighted by Crippen LogP contribution is -2.48. The molecule has 1 aromatic rings. The lowest BCUT2D eigenvalue weighted by atomic mass is 9.74. The van der Waals surface area contributed by atoms with E-state index in [-0.39, 0.29) is 29.4 Å². The number of rotatable bonds is 5. The highest BCUT2D eigenvalue weighted by atomic mass is 127. The minimum Gasteiger partial charge on any atom is -0.497 e. The minimum absolute atomic E-state index is 0. The van der Waals surface area contributed by atoms with Gasteiger partial charge in [0.25, 0.3) is 0 Å². The molecule has 1 aliphatic heterocycles. The molecule has 24 heavy (non-hydrogen) atoms. The Morgan fingerprint density at radius 1 is 1.25 bits per heavy atom. The molecule has 0 aromatic heterocycles. The van der Waals surface area contributed by atoms with E-state index in [1.54, 1.807) is 7.11 Å². The van der Waals surface area contributed by atoms with Crippen molar-refractivity contribution >= 4 is 29.9 Å². The molecule has 1 aliphatic carbocycles. The van der Waals surface area contributed by atoms with Crippen molar-refractivity contribution in [1.29, 1.82) is 0 Å². The third-order valence-corrected chi connectivity index (χ3v) is 4.89. The topological polar surface area (TPSA) is 54.9 Å². The quantitative estimate of drug-likeness (QED) is 0.416. The first kappa shape index (κ1) is 19.3. The lowest BCUT2D eigenvalue weighted by molar-refractivity contribution is 0.0513. The normalized spacial score (nSPS) is 20.0. The van der Waals surface area contributed by atoms with Crippen LogP contribution in [0.1, 0.15) is 31.2 Å². The second kappa shape index (κ2) is 8.89. The second-order valence-corrected chi connectivity index (χ2v) is 6.47. The Hall–Kier alpha value is -1.02. The van der Waals surface area contributed by atoms with Crippen LogP contribution in [0.4, 0.5) is 0 Å². The summed E-state index contributed by atoms with van der Waals surface area (Å²) in [4.78, 5) is 4.35. The Labute approximate surface area is 161 Å². The van der Waals surface area contributed by atoms with Crippen molar-refractivity contribution in [1.82, 2.24) is 10.6 Å². The number of halogens is 1. The van der Waals surface area contributed by atoms with E-state index in [1.807, 2.05) is 19.2 Å². The molecular weight excluding hydrogens is 417 g/mol. The first-order valence-corrected chi connectivity index (χ1v) is 8.45. The molecule has 0 unspecified atom stereocenters. The maximum atomic E-state index is 5.60. The van der Waals surface area contributed by atoms with Crippen LogP contribution in [0.25, 0.3) is 0 Å². The fourth-order valence-corrected chi connectivity index (χ4v) is 3.14. The number of nitrogens with one attached hydrogen (secondary N) is 2. The van der Waals surface area contributed by atoms with Crippen molar-refractivity contribution in [2.75, 3.05) is 33.9 Å². The van der Waals surface area contributed by atoms with E-state index in [0.717, 1.165) is 44.3 Å². The molecule has 134 valence electrons. The van der Waals surface area contributed by atoms with Gasteiger partial charge in [0.15, 0.2) is 5.96 Å². The van der Waals surface area contributed by atoms with Crippen molar-refractivity contribution in [3.05, 3.63) is 29.8 Å². The van der Waals surface area contributed by atoms with Crippen LogP contribution in [-0.2, 0) is 10.2 Å². The van der Waals surface area contributed by atoms with E-state index in [4.69, 9.17) is 9.47 Å². The molecule has 0 amide bonds. The van der Waals surface area contributed by atoms with Crippen molar-refractivity contribution in [2.45, 2.75) is 37.1 Å². The summed E-state index contributed by atoms with van der Waals surface area (Å²) in [5, 5.41) is 6.99. The molecule has 0 bridgehead atoms. The Balaban J connectivity index is 0.00000208. The zero-order chi connectivity index (χ0) is 16.1. The number of benzene rings is 1. The number of nitrogens with zero attached hydrogens (tertiary/aromatic N) is 1. The Kier molecular flexibility index (Phi) is 7.16. The third kappa shape index (κ3) is 4.75. The molecule has 6 heteroatoms. The van der Waals surface area contributed by atoms with Gasteiger partial charge in [-0.3, -0.25) is 4.99 Å². The highest BCUT2D eigenvalue weighted by Crippen LogP contribution is 2.35. The smallest absolute Gasteiger partial charge is 0.191 e. The van der Waals surface area contributed by atoms with Gasteiger partial charge in [0.2, 0.25) is 0 Å². The minimum atomic E-state index is 0. The van der Waals surface area contributed by atoms with Crippen LogP contribution < -0.4 is 15.4 Å². The SMILES string of the molecule is CN=C(NCC1(c2ccc(OC)cc2)CCOCC1)NC1CC1.I. The highest BCUT2D eigenvalue weighted by molar-refractivity contribution is 14.0. The van der Waals surface area contributed by atoms with Crippen LogP contribution in [0, 0.1) is 0 Å². The number of ether oxygens (including phenoxy) is 2. The van der Waals surface area contributed by atoms with Gasteiger partial charge in [-0.25, -0.2) is 0 Å². The van der Waals surface area contributed by atoms with Crippen LogP contribution in [-0.4, -0.2) is 45.9 Å². The molecule has 1 heterocycles. The number of methoxy groups -OCH3 is 1. The Bertz CT molecular complexity index is 538. The van der Waals surface area contributed by atoms with Gasteiger partial charge in [-0.2, -0.15) is 0 Å². The molecule has 2 N–H and O–H groups in total. The van der Waals surface area contributed by atoms with E-state index in [0.29, 0.717) is 6.04 Å². The molecule has 0 atom stereocenters. The average Bonchev–Trinajstić information content (AvgIpc) is 3.43. The summed E-state index contributed by atoms with van der Waals surface area (Å²) in [5.41, 5.74) is 1.43. The molecule has 1 saturated carbocycles. The lowest BCUT2D eigenvalue weighted by Gasteiger charge is -2.38. The summed E-state index contributed by atoms with van der Waals surface area (Å²) in [6.07, 6.45) is 4.54. The number of guanidine groups is 1. The summed E-state index contributed by atoms with van der Waals surface area (Å²) in [7, 11) is 3.54. The zero-order valence-electron chi connectivity index (χ0n) is 14.5. The summed E-state index contributed by atoms with van der Waals surface area (Å²) >= 11 is 0. The van der Waals surface area contributed by atoms with Gasteiger partial charge in [0.1, 0.15) is 5.75 Å². The first-order valence-electron chi connectivity index (χ1n) is 8.45. The monoisotopic (exact) mass is 445 g/mol.